The summed E-state index contributed by atoms with van der Waals surface area (Å²) < 4.78 is 0. The molecule has 1 aromatic heterocycles. The van der Waals surface area contributed by atoms with Crippen molar-refractivity contribution in [1.82, 2.24) is 15.2 Å². The smallest absolute Gasteiger partial charge is 0.249 e. The highest BCUT2D eigenvalue weighted by Gasteiger charge is 2.09. The van der Waals surface area contributed by atoms with Crippen molar-refractivity contribution in [2.24, 2.45) is 0 Å². The van der Waals surface area contributed by atoms with Gasteiger partial charge in [-0.05, 0) is 55.3 Å². The summed E-state index contributed by atoms with van der Waals surface area (Å²) in [5.74, 6) is 0.981. The van der Waals surface area contributed by atoms with Gasteiger partial charge in [-0.25, -0.2) is 0 Å². The first-order valence-corrected chi connectivity index (χ1v) is 8.58. The molecule has 0 unspecified atom stereocenters. The Bertz CT molecular complexity index is 885. The maximum absolute atomic E-state index is 6.34. The average molecular weight is 369 g/mol. The fourth-order valence-electron chi connectivity index (χ4n) is 2.59. The first-order valence-electron chi connectivity index (χ1n) is 8.20. The number of hydrogen-bond acceptors (Lipinski definition) is 6. The fraction of sp³-hybridized carbons (Fsp3) is 0.211. The molecule has 7 heteroatoms. The predicted octanol–water partition coefficient (Wildman–Crippen LogP) is 4.70. The van der Waals surface area contributed by atoms with E-state index in [1.54, 1.807) is 6.20 Å². The van der Waals surface area contributed by atoms with Gasteiger partial charge in [0.25, 0.3) is 0 Å². The summed E-state index contributed by atoms with van der Waals surface area (Å²) in [5.41, 5.74) is 4.96. The standard InChI is InChI=1S/C19H21ClN6/c1-12-9-13(2)18(16(20)10-12)24-19-23-17(11-21-25-19)22-14-5-7-15(8-6-14)26(3)4/h5-11H,1-4H3,(H2,22,23,24,25). The molecule has 0 saturated heterocycles. The van der Waals surface area contributed by atoms with E-state index in [-0.39, 0.29) is 0 Å². The van der Waals surface area contributed by atoms with Gasteiger partial charge in [-0.3, -0.25) is 0 Å². The van der Waals surface area contributed by atoms with Crippen molar-refractivity contribution in [3.63, 3.8) is 0 Å². The van der Waals surface area contributed by atoms with E-state index in [0.29, 0.717) is 16.8 Å². The molecular weight excluding hydrogens is 348 g/mol. The molecule has 0 aliphatic heterocycles. The van der Waals surface area contributed by atoms with Crippen LogP contribution in [0.2, 0.25) is 5.02 Å². The van der Waals surface area contributed by atoms with Gasteiger partial charge in [-0.15, -0.1) is 5.10 Å². The number of aryl methyl sites for hydroxylation is 2. The van der Waals surface area contributed by atoms with Crippen LogP contribution in [-0.2, 0) is 0 Å². The number of rotatable bonds is 5. The Hall–Kier alpha value is -2.86. The lowest BCUT2D eigenvalue weighted by molar-refractivity contribution is 0.981. The van der Waals surface area contributed by atoms with Gasteiger partial charge in [-0.1, -0.05) is 17.7 Å². The van der Waals surface area contributed by atoms with Gasteiger partial charge in [-0.2, -0.15) is 10.1 Å². The Kier molecular flexibility index (Phi) is 5.23. The molecule has 0 amide bonds. The van der Waals surface area contributed by atoms with Gasteiger partial charge in [0.15, 0.2) is 5.82 Å². The Morgan fingerprint density at radius 3 is 2.38 bits per heavy atom. The largest absolute Gasteiger partial charge is 0.378 e. The number of nitrogens with zero attached hydrogens (tertiary/aromatic N) is 4. The van der Waals surface area contributed by atoms with E-state index in [1.165, 1.54) is 0 Å². The maximum atomic E-state index is 6.34. The van der Waals surface area contributed by atoms with Crippen LogP contribution in [0.3, 0.4) is 0 Å². The molecule has 3 rings (SSSR count). The molecule has 6 nitrogen and oxygen atoms in total. The molecule has 0 spiro atoms. The van der Waals surface area contributed by atoms with Crippen LogP contribution in [0.5, 0.6) is 0 Å². The van der Waals surface area contributed by atoms with E-state index < -0.39 is 0 Å². The zero-order valence-electron chi connectivity index (χ0n) is 15.2. The van der Waals surface area contributed by atoms with Crippen LogP contribution < -0.4 is 15.5 Å². The molecule has 0 bridgehead atoms. The second-order valence-electron chi connectivity index (χ2n) is 6.30. The van der Waals surface area contributed by atoms with Crippen molar-refractivity contribution in [3.05, 3.63) is 58.7 Å². The summed E-state index contributed by atoms with van der Waals surface area (Å²) in [6.45, 7) is 4.00. The third-order valence-electron chi connectivity index (χ3n) is 3.88. The van der Waals surface area contributed by atoms with E-state index >= 15 is 0 Å². The maximum Gasteiger partial charge on any atom is 0.249 e. The fourth-order valence-corrected chi connectivity index (χ4v) is 2.96. The molecule has 0 atom stereocenters. The monoisotopic (exact) mass is 368 g/mol. The number of benzene rings is 2. The first kappa shape index (κ1) is 17.9. The number of anilines is 5. The molecule has 0 fully saturated rings. The average Bonchev–Trinajstić information content (AvgIpc) is 2.59. The van der Waals surface area contributed by atoms with Crippen molar-refractivity contribution in [3.8, 4) is 0 Å². The molecule has 134 valence electrons. The normalized spacial score (nSPS) is 10.5. The Labute approximate surface area is 158 Å². The van der Waals surface area contributed by atoms with Crippen LogP contribution in [0.15, 0.2) is 42.6 Å². The van der Waals surface area contributed by atoms with Crippen LogP contribution in [0.1, 0.15) is 11.1 Å². The van der Waals surface area contributed by atoms with Crippen LogP contribution >= 0.6 is 11.6 Å². The van der Waals surface area contributed by atoms with E-state index in [1.807, 2.05) is 63.2 Å². The first-order chi connectivity index (χ1) is 12.4. The minimum Gasteiger partial charge on any atom is -0.378 e. The lowest BCUT2D eigenvalue weighted by Crippen LogP contribution is -2.08. The lowest BCUT2D eigenvalue weighted by Gasteiger charge is -2.14. The number of hydrogen-bond donors (Lipinski definition) is 2. The molecule has 0 radical (unpaired) electrons. The SMILES string of the molecule is Cc1cc(C)c(Nc2nncc(Nc3ccc(N(C)C)cc3)n2)c(Cl)c1. The zero-order valence-corrected chi connectivity index (χ0v) is 16.0. The minimum absolute atomic E-state index is 0.383. The van der Waals surface area contributed by atoms with Crippen molar-refractivity contribution in [2.45, 2.75) is 13.8 Å². The van der Waals surface area contributed by atoms with Crippen molar-refractivity contribution < 1.29 is 0 Å². The molecule has 2 N–H and O–H groups in total. The van der Waals surface area contributed by atoms with Crippen LogP contribution in [0.25, 0.3) is 0 Å². The van der Waals surface area contributed by atoms with Gasteiger partial charge < -0.3 is 15.5 Å². The molecule has 26 heavy (non-hydrogen) atoms. The van der Waals surface area contributed by atoms with Gasteiger partial charge in [0, 0.05) is 25.5 Å². The molecular formula is C19H21ClN6. The molecule has 0 saturated carbocycles. The second kappa shape index (κ2) is 7.58. The highest BCUT2D eigenvalue weighted by Crippen LogP contribution is 2.29. The number of halogens is 1. The van der Waals surface area contributed by atoms with E-state index in [9.17, 15) is 0 Å². The van der Waals surface area contributed by atoms with E-state index in [2.05, 4.69) is 31.9 Å². The van der Waals surface area contributed by atoms with E-state index in [4.69, 9.17) is 11.6 Å². The summed E-state index contributed by atoms with van der Waals surface area (Å²) in [4.78, 5) is 6.51. The number of nitrogens with one attached hydrogen (secondary N) is 2. The second-order valence-corrected chi connectivity index (χ2v) is 6.70. The predicted molar refractivity (Wildman–Crippen MR) is 108 cm³/mol. The molecule has 2 aromatic carbocycles. The van der Waals surface area contributed by atoms with Crippen LogP contribution in [-0.4, -0.2) is 29.3 Å². The van der Waals surface area contributed by atoms with Gasteiger partial charge >= 0.3 is 0 Å². The molecule has 0 aliphatic rings. The summed E-state index contributed by atoms with van der Waals surface area (Å²) in [5, 5.41) is 15.1. The molecule has 3 aromatic rings. The third kappa shape index (κ3) is 4.21. The Balaban J connectivity index is 1.78. The summed E-state index contributed by atoms with van der Waals surface area (Å²) in [7, 11) is 4.01. The molecule has 0 aliphatic carbocycles. The van der Waals surface area contributed by atoms with E-state index in [0.717, 1.165) is 28.2 Å². The van der Waals surface area contributed by atoms with Crippen LogP contribution in [0, 0.1) is 13.8 Å². The topological polar surface area (TPSA) is 66.0 Å². The Morgan fingerprint density at radius 1 is 1.00 bits per heavy atom. The van der Waals surface area contributed by atoms with Gasteiger partial charge in [0.1, 0.15) is 0 Å². The lowest BCUT2D eigenvalue weighted by atomic mass is 10.1. The van der Waals surface area contributed by atoms with Crippen molar-refractivity contribution >= 4 is 40.4 Å². The van der Waals surface area contributed by atoms with Gasteiger partial charge in [0.2, 0.25) is 5.95 Å². The summed E-state index contributed by atoms with van der Waals surface area (Å²) >= 11 is 6.34. The summed E-state index contributed by atoms with van der Waals surface area (Å²) in [6.07, 6.45) is 1.58. The highest BCUT2D eigenvalue weighted by atomic mass is 35.5. The third-order valence-corrected chi connectivity index (χ3v) is 4.18. The molecule has 1 heterocycles. The van der Waals surface area contributed by atoms with Crippen molar-refractivity contribution in [1.29, 1.82) is 0 Å². The van der Waals surface area contributed by atoms with Crippen molar-refractivity contribution in [2.75, 3.05) is 29.6 Å². The Morgan fingerprint density at radius 2 is 1.73 bits per heavy atom. The quantitative estimate of drug-likeness (QED) is 0.680. The zero-order chi connectivity index (χ0) is 18.7. The summed E-state index contributed by atoms with van der Waals surface area (Å²) in [6, 6.07) is 12.0. The highest BCUT2D eigenvalue weighted by molar-refractivity contribution is 6.33. The van der Waals surface area contributed by atoms with Gasteiger partial charge in [0.05, 0.1) is 16.9 Å². The minimum atomic E-state index is 0.383. The van der Waals surface area contributed by atoms with Crippen LogP contribution in [0.4, 0.5) is 28.8 Å². The number of aromatic nitrogens is 3.